The van der Waals surface area contributed by atoms with Crippen LogP contribution in [0.25, 0.3) is 0 Å². The Morgan fingerprint density at radius 1 is 0.947 bits per heavy atom. The lowest BCUT2D eigenvalue weighted by atomic mass is 9.86. The Labute approximate surface area is 114 Å². The van der Waals surface area contributed by atoms with Gasteiger partial charge in [-0.25, -0.2) is 0 Å². The van der Waals surface area contributed by atoms with E-state index >= 15 is 0 Å². The molecular weight excluding hydrogens is 351 g/mol. The first-order valence-corrected chi connectivity index (χ1v) is 6.28. The molecular formula is C6H7Cl2F6NO3S. The van der Waals surface area contributed by atoms with E-state index in [1.54, 1.807) is 0 Å². The molecule has 0 fully saturated rings. The Kier molecular flexibility index (Phi) is 4.80. The molecule has 0 aliphatic rings. The normalized spacial score (nSPS) is 16.0. The van der Waals surface area contributed by atoms with Gasteiger partial charge in [0, 0.05) is 0 Å². The van der Waals surface area contributed by atoms with Crippen LogP contribution in [0, 0.1) is 0 Å². The molecule has 0 aromatic carbocycles. The predicted octanol–water partition coefficient (Wildman–Crippen LogP) is 3.13. The van der Waals surface area contributed by atoms with Crippen LogP contribution in [0.2, 0.25) is 0 Å². The number of rotatable bonds is 3. The van der Waals surface area contributed by atoms with Crippen molar-refractivity contribution in [2.24, 2.45) is 0 Å². The van der Waals surface area contributed by atoms with Crippen molar-refractivity contribution in [3.05, 3.63) is 0 Å². The molecule has 0 atom stereocenters. The van der Waals surface area contributed by atoms with E-state index in [4.69, 9.17) is 28.1 Å². The zero-order valence-electron chi connectivity index (χ0n) is 9.14. The minimum absolute atomic E-state index is 0.168. The highest BCUT2D eigenvalue weighted by Crippen LogP contribution is 2.56. The van der Waals surface area contributed by atoms with Crippen LogP contribution < -0.4 is 0 Å². The van der Waals surface area contributed by atoms with E-state index in [1.807, 2.05) is 0 Å². The quantitative estimate of drug-likeness (QED) is 0.479. The Morgan fingerprint density at radius 2 is 1.21 bits per heavy atom. The van der Waals surface area contributed by atoms with Gasteiger partial charge in [0.25, 0.3) is 10.1 Å². The summed E-state index contributed by atoms with van der Waals surface area (Å²) in [7, 11) is -6.71. The monoisotopic (exact) mass is 357 g/mol. The van der Waals surface area contributed by atoms with Gasteiger partial charge in [0.1, 0.15) is 0 Å². The maximum Gasteiger partial charge on any atom is 0.421 e. The Hall–Kier alpha value is 0.0300. The molecule has 0 saturated heterocycles. The molecule has 0 unspecified atom stereocenters. The van der Waals surface area contributed by atoms with E-state index < -0.39 is 36.7 Å². The van der Waals surface area contributed by atoms with Crippen LogP contribution in [0.5, 0.6) is 0 Å². The summed E-state index contributed by atoms with van der Waals surface area (Å²) in [5.74, 6) is 0. The fraction of sp³-hybridized carbons (Fsp3) is 1.00. The molecule has 0 amide bonds. The molecule has 13 heteroatoms. The molecule has 1 N–H and O–H groups in total. The summed E-state index contributed by atoms with van der Waals surface area (Å²) in [6.45, 7) is 0.337. The SMILES string of the molecule is CC(C)(N(Cl)Cl)C(C(F)(F)F)(C(F)(F)F)S(=O)(=O)O. The van der Waals surface area contributed by atoms with Gasteiger partial charge in [-0.15, -0.1) is 3.94 Å². The van der Waals surface area contributed by atoms with Crippen LogP contribution >= 0.6 is 23.6 Å². The van der Waals surface area contributed by atoms with Gasteiger partial charge in [0.15, 0.2) is 0 Å². The van der Waals surface area contributed by atoms with Crippen molar-refractivity contribution in [3.63, 3.8) is 0 Å². The summed E-state index contributed by atoms with van der Waals surface area (Å²) in [6.07, 6.45) is -12.9. The molecule has 0 saturated carbocycles. The Morgan fingerprint density at radius 3 is 1.26 bits per heavy atom. The molecule has 0 aliphatic carbocycles. The first-order chi connectivity index (χ1) is 7.94. The summed E-state index contributed by atoms with van der Waals surface area (Å²) < 4.78 is 101. The van der Waals surface area contributed by atoms with Crippen LogP contribution in [0.1, 0.15) is 13.8 Å². The van der Waals surface area contributed by atoms with Crippen molar-refractivity contribution in [1.82, 2.24) is 3.94 Å². The fourth-order valence-corrected chi connectivity index (χ4v) is 3.24. The first-order valence-electron chi connectivity index (χ1n) is 4.17. The zero-order valence-corrected chi connectivity index (χ0v) is 11.5. The van der Waals surface area contributed by atoms with Crippen molar-refractivity contribution in [3.8, 4) is 0 Å². The molecule has 0 heterocycles. The van der Waals surface area contributed by atoms with Gasteiger partial charge in [-0.3, -0.25) is 4.55 Å². The van der Waals surface area contributed by atoms with E-state index in [1.165, 1.54) is 0 Å². The number of halogens is 8. The van der Waals surface area contributed by atoms with E-state index in [0.29, 0.717) is 0 Å². The van der Waals surface area contributed by atoms with Crippen molar-refractivity contribution in [2.75, 3.05) is 0 Å². The molecule has 0 aliphatic heterocycles. The first kappa shape index (κ1) is 19.0. The predicted molar refractivity (Wildman–Crippen MR) is 54.0 cm³/mol. The van der Waals surface area contributed by atoms with Gasteiger partial charge in [0.2, 0.25) is 0 Å². The second-order valence-electron chi connectivity index (χ2n) is 3.94. The highest BCUT2D eigenvalue weighted by molar-refractivity contribution is 7.87. The summed E-state index contributed by atoms with van der Waals surface area (Å²) in [6, 6.07) is 0. The third kappa shape index (κ3) is 2.62. The topological polar surface area (TPSA) is 57.6 Å². The standard InChI is InChI=1S/C6H7Cl2F6NO3S/c1-3(2,15(7)8)4(5(9,10)11,6(12,13)14)19(16,17)18/h1-2H3,(H,16,17,18). The second kappa shape index (κ2) is 4.79. The van der Waals surface area contributed by atoms with Crippen molar-refractivity contribution in [1.29, 1.82) is 0 Å². The van der Waals surface area contributed by atoms with Crippen LogP contribution in [-0.2, 0) is 10.1 Å². The maximum absolute atomic E-state index is 12.8. The van der Waals surface area contributed by atoms with Crippen LogP contribution in [0.4, 0.5) is 26.3 Å². The van der Waals surface area contributed by atoms with Gasteiger partial charge < -0.3 is 0 Å². The van der Waals surface area contributed by atoms with E-state index in [9.17, 15) is 34.8 Å². The smallest absolute Gasteiger partial charge is 0.285 e. The summed E-state index contributed by atoms with van der Waals surface area (Å²) in [5, 5.41) is 0. The lowest BCUT2D eigenvalue weighted by Crippen LogP contribution is -2.74. The number of nitrogens with zero attached hydrogens (tertiary/aromatic N) is 1. The lowest BCUT2D eigenvalue weighted by molar-refractivity contribution is -0.288. The van der Waals surface area contributed by atoms with Crippen molar-refractivity contribution < 1.29 is 39.3 Å². The van der Waals surface area contributed by atoms with Crippen LogP contribution in [0.3, 0.4) is 0 Å². The fourth-order valence-electron chi connectivity index (χ4n) is 1.58. The van der Waals surface area contributed by atoms with Crippen molar-refractivity contribution >= 4 is 33.7 Å². The third-order valence-corrected chi connectivity index (χ3v) is 5.05. The zero-order chi connectivity index (χ0) is 16.1. The molecule has 0 bridgehead atoms. The van der Waals surface area contributed by atoms with Crippen LogP contribution in [0.15, 0.2) is 0 Å². The van der Waals surface area contributed by atoms with E-state index in [0.717, 1.165) is 0 Å². The molecule has 0 radical (unpaired) electrons. The van der Waals surface area contributed by atoms with Crippen molar-refractivity contribution in [2.45, 2.75) is 36.5 Å². The largest absolute Gasteiger partial charge is 0.421 e. The molecule has 0 spiro atoms. The maximum atomic E-state index is 12.8. The van der Waals surface area contributed by atoms with Gasteiger partial charge in [0.05, 0.1) is 5.54 Å². The minimum Gasteiger partial charge on any atom is -0.285 e. The second-order valence-corrected chi connectivity index (χ2v) is 6.36. The molecule has 0 aromatic heterocycles. The average Bonchev–Trinajstić information content (AvgIpc) is 1.92. The number of alkyl halides is 6. The molecule has 0 aromatic rings. The van der Waals surface area contributed by atoms with Gasteiger partial charge in [-0.2, -0.15) is 34.8 Å². The number of hydrogen-bond donors (Lipinski definition) is 1. The van der Waals surface area contributed by atoms with E-state index in [2.05, 4.69) is 0 Å². The molecule has 19 heavy (non-hydrogen) atoms. The summed E-state index contributed by atoms with van der Waals surface area (Å²) in [5.41, 5.74) is -3.46. The third-order valence-electron chi connectivity index (χ3n) is 2.47. The Bertz CT molecular complexity index is 429. The van der Waals surface area contributed by atoms with Gasteiger partial charge in [-0.1, -0.05) is 0 Å². The number of hydrogen-bond acceptors (Lipinski definition) is 3. The van der Waals surface area contributed by atoms with Crippen LogP contribution in [-0.4, -0.2) is 39.5 Å². The highest BCUT2D eigenvalue weighted by atomic mass is 35.5. The molecule has 4 nitrogen and oxygen atoms in total. The van der Waals surface area contributed by atoms with Gasteiger partial charge >= 0.3 is 17.1 Å². The summed E-state index contributed by atoms with van der Waals surface area (Å²) >= 11 is 9.79. The minimum atomic E-state index is -6.71. The summed E-state index contributed by atoms with van der Waals surface area (Å²) in [4.78, 5) is 0. The average molecular weight is 358 g/mol. The van der Waals surface area contributed by atoms with E-state index in [-0.39, 0.29) is 13.8 Å². The Balaban J connectivity index is 6.83. The van der Waals surface area contributed by atoms with Gasteiger partial charge in [-0.05, 0) is 37.4 Å². The molecule has 0 rings (SSSR count). The highest BCUT2D eigenvalue weighted by Gasteiger charge is 2.85. The molecule has 116 valence electrons. The lowest BCUT2D eigenvalue weighted by Gasteiger charge is -2.46.